The molecule has 1 aliphatic rings. The topological polar surface area (TPSA) is 90.0 Å². The predicted molar refractivity (Wildman–Crippen MR) is 71.3 cm³/mol. The zero-order valence-electron chi connectivity index (χ0n) is 10.2. The summed E-state index contributed by atoms with van der Waals surface area (Å²) in [5, 5.41) is 4.06. The fourth-order valence-corrected chi connectivity index (χ4v) is 3.05. The summed E-state index contributed by atoms with van der Waals surface area (Å²) < 4.78 is 28.2. The van der Waals surface area contributed by atoms with Crippen LogP contribution in [-0.2, 0) is 10.0 Å². The molecule has 1 fully saturated rings. The molecule has 2 aromatic rings. The number of aromatic nitrogens is 2. The van der Waals surface area contributed by atoms with Crippen LogP contribution in [0.5, 0.6) is 0 Å². The number of nitrogen functional groups attached to an aromatic ring is 1. The number of nitrogens with zero attached hydrogens (tertiary/aromatic N) is 2. The van der Waals surface area contributed by atoms with E-state index in [9.17, 15) is 8.42 Å². The van der Waals surface area contributed by atoms with Gasteiger partial charge < -0.3 is 5.73 Å². The summed E-state index contributed by atoms with van der Waals surface area (Å²) in [6.07, 6.45) is 3.56. The average molecular weight is 278 g/mol. The van der Waals surface area contributed by atoms with Crippen molar-refractivity contribution in [2.24, 2.45) is 0 Å². The molecule has 3 N–H and O–H groups in total. The van der Waals surface area contributed by atoms with Gasteiger partial charge in [0.25, 0.3) is 0 Å². The van der Waals surface area contributed by atoms with Gasteiger partial charge in [0.2, 0.25) is 10.0 Å². The number of benzene rings is 1. The number of hydrogen-bond donors (Lipinski definition) is 2. The Labute approximate surface area is 111 Å². The highest BCUT2D eigenvalue weighted by atomic mass is 32.2. The Hall–Kier alpha value is -1.86. The largest absolute Gasteiger partial charge is 0.382 e. The summed E-state index contributed by atoms with van der Waals surface area (Å²) in [6, 6.07) is 8.33. The molecule has 7 heteroatoms. The quantitative estimate of drug-likeness (QED) is 0.869. The van der Waals surface area contributed by atoms with Crippen LogP contribution in [0.2, 0.25) is 0 Å². The molecular formula is C12H14N4O2S. The van der Waals surface area contributed by atoms with Crippen LogP contribution >= 0.6 is 0 Å². The van der Waals surface area contributed by atoms with Crippen LogP contribution < -0.4 is 10.5 Å². The number of hydrogen-bond acceptors (Lipinski definition) is 4. The van der Waals surface area contributed by atoms with Gasteiger partial charge in [-0.25, -0.2) is 17.8 Å². The van der Waals surface area contributed by atoms with Crippen molar-refractivity contribution < 1.29 is 8.42 Å². The van der Waals surface area contributed by atoms with Crippen molar-refractivity contribution >= 4 is 15.8 Å². The second-order valence-corrected chi connectivity index (χ2v) is 6.29. The minimum atomic E-state index is -3.40. The van der Waals surface area contributed by atoms with Crippen LogP contribution in [0.25, 0.3) is 5.69 Å². The number of anilines is 1. The third-order valence-corrected chi connectivity index (χ3v) is 4.46. The first kappa shape index (κ1) is 12.2. The Morgan fingerprint density at radius 2 is 1.89 bits per heavy atom. The molecule has 0 unspecified atom stereocenters. The van der Waals surface area contributed by atoms with E-state index in [1.165, 1.54) is 0 Å². The number of rotatable bonds is 4. The van der Waals surface area contributed by atoms with Gasteiger partial charge in [0.1, 0.15) is 5.82 Å². The molecule has 0 spiro atoms. The van der Waals surface area contributed by atoms with Gasteiger partial charge >= 0.3 is 0 Å². The molecule has 3 rings (SSSR count). The van der Waals surface area contributed by atoms with Crippen molar-refractivity contribution in [2.45, 2.75) is 23.8 Å². The number of sulfonamides is 1. The molecule has 19 heavy (non-hydrogen) atoms. The monoisotopic (exact) mass is 278 g/mol. The molecule has 1 heterocycles. The van der Waals surface area contributed by atoms with Crippen LogP contribution in [0.15, 0.2) is 41.4 Å². The van der Waals surface area contributed by atoms with Gasteiger partial charge in [-0.1, -0.05) is 0 Å². The molecule has 0 amide bonds. The first-order chi connectivity index (χ1) is 9.04. The van der Waals surface area contributed by atoms with Crippen molar-refractivity contribution in [1.29, 1.82) is 0 Å². The minimum Gasteiger partial charge on any atom is -0.382 e. The zero-order chi connectivity index (χ0) is 13.5. The van der Waals surface area contributed by atoms with Gasteiger partial charge in [0.05, 0.1) is 10.6 Å². The standard InChI is InChI=1S/C12H14N4O2S/c13-12-7-8-16(14-12)10-3-5-11(6-4-10)19(17,18)15-9-1-2-9/h3-9,15H,1-2H2,(H2,13,14). The highest BCUT2D eigenvalue weighted by Crippen LogP contribution is 2.22. The predicted octanol–water partition coefficient (Wildman–Crippen LogP) is 0.895. The molecule has 100 valence electrons. The molecule has 1 aromatic heterocycles. The molecule has 0 aliphatic heterocycles. The van der Waals surface area contributed by atoms with Gasteiger partial charge in [0, 0.05) is 18.3 Å². The lowest BCUT2D eigenvalue weighted by Crippen LogP contribution is -2.25. The van der Waals surface area contributed by atoms with E-state index in [0.29, 0.717) is 5.82 Å². The SMILES string of the molecule is Nc1ccn(-c2ccc(S(=O)(=O)NC3CC3)cc2)n1. The summed E-state index contributed by atoms with van der Waals surface area (Å²) in [7, 11) is -3.40. The van der Waals surface area contributed by atoms with Gasteiger partial charge in [-0.05, 0) is 37.1 Å². The molecule has 1 aliphatic carbocycles. The normalized spacial score (nSPS) is 15.6. The van der Waals surface area contributed by atoms with Crippen molar-refractivity contribution in [3.05, 3.63) is 36.5 Å². The van der Waals surface area contributed by atoms with Gasteiger partial charge in [0.15, 0.2) is 0 Å². The third kappa shape index (κ3) is 2.61. The Bertz CT molecular complexity index is 687. The molecule has 6 nitrogen and oxygen atoms in total. The van der Waals surface area contributed by atoms with Crippen LogP contribution in [0.3, 0.4) is 0 Å². The van der Waals surface area contributed by atoms with Gasteiger partial charge in [-0.3, -0.25) is 0 Å². The first-order valence-corrected chi connectivity index (χ1v) is 7.47. The van der Waals surface area contributed by atoms with Crippen molar-refractivity contribution in [1.82, 2.24) is 14.5 Å². The number of nitrogens with one attached hydrogen (secondary N) is 1. The fraction of sp³-hybridized carbons (Fsp3) is 0.250. The molecule has 1 saturated carbocycles. The van der Waals surface area contributed by atoms with E-state index in [-0.39, 0.29) is 10.9 Å². The van der Waals surface area contributed by atoms with Crippen LogP contribution in [0, 0.1) is 0 Å². The average Bonchev–Trinajstić information content (AvgIpc) is 3.07. The summed E-state index contributed by atoms with van der Waals surface area (Å²) >= 11 is 0. The zero-order valence-corrected chi connectivity index (χ0v) is 11.0. The lowest BCUT2D eigenvalue weighted by atomic mass is 10.3. The Balaban J connectivity index is 1.86. The Morgan fingerprint density at radius 3 is 2.42 bits per heavy atom. The second kappa shape index (κ2) is 4.36. The van der Waals surface area contributed by atoms with Crippen molar-refractivity contribution in [3.8, 4) is 5.69 Å². The molecular weight excluding hydrogens is 264 g/mol. The van der Waals surface area contributed by atoms with Crippen LogP contribution in [-0.4, -0.2) is 24.2 Å². The maximum absolute atomic E-state index is 12.0. The van der Waals surface area contributed by atoms with E-state index in [0.717, 1.165) is 18.5 Å². The summed E-state index contributed by atoms with van der Waals surface area (Å²) in [4.78, 5) is 0.267. The summed E-state index contributed by atoms with van der Waals surface area (Å²) in [6.45, 7) is 0. The van der Waals surface area contributed by atoms with E-state index in [4.69, 9.17) is 5.73 Å². The Kier molecular flexibility index (Phi) is 2.79. The van der Waals surface area contributed by atoms with Crippen LogP contribution in [0.1, 0.15) is 12.8 Å². The van der Waals surface area contributed by atoms with E-state index in [2.05, 4.69) is 9.82 Å². The minimum absolute atomic E-state index is 0.107. The lowest BCUT2D eigenvalue weighted by Gasteiger charge is -2.06. The third-order valence-electron chi connectivity index (χ3n) is 2.92. The summed E-state index contributed by atoms with van der Waals surface area (Å²) in [5.74, 6) is 0.423. The molecule has 0 bridgehead atoms. The summed E-state index contributed by atoms with van der Waals surface area (Å²) in [5.41, 5.74) is 6.30. The van der Waals surface area contributed by atoms with Gasteiger partial charge in [-0.2, -0.15) is 5.10 Å². The lowest BCUT2D eigenvalue weighted by molar-refractivity contribution is 0.581. The molecule has 0 saturated heterocycles. The molecule has 0 radical (unpaired) electrons. The maximum Gasteiger partial charge on any atom is 0.240 e. The van der Waals surface area contributed by atoms with Gasteiger partial charge in [-0.15, -0.1) is 0 Å². The first-order valence-electron chi connectivity index (χ1n) is 5.98. The van der Waals surface area contributed by atoms with Crippen LogP contribution in [0.4, 0.5) is 5.82 Å². The van der Waals surface area contributed by atoms with E-state index < -0.39 is 10.0 Å². The number of nitrogens with two attached hydrogens (primary N) is 1. The fourth-order valence-electron chi connectivity index (χ4n) is 1.75. The second-order valence-electron chi connectivity index (χ2n) is 4.57. The highest BCUT2D eigenvalue weighted by molar-refractivity contribution is 7.89. The Morgan fingerprint density at radius 1 is 1.21 bits per heavy atom. The van der Waals surface area contributed by atoms with E-state index >= 15 is 0 Å². The van der Waals surface area contributed by atoms with Crippen molar-refractivity contribution in [2.75, 3.05) is 5.73 Å². The smallest absolute Gasteiger partial charge is 0.240 e. The maximum atomic E-state index is 12.0. The molecule has 0 atom stereocenters. The van der Waals surface area contributed by atoms with E-state index in [1.54, 1.807) is 41.2 Å². The van der Waals surface area contributed by atoms with Crippen molar-refractivity contribution in [3.63, 3.8) is 0 Å². The molecule has 1 aromatic carbocycles. The highest BCUT2D eigenvalue weighted by Gasteiger charge is 2.27. The van der Waals surface area contributed by atoms with E-state index in [1.807, 2.05) is 0 Å².